The van der Waals surface area contributed by atoms with Crippen LogP contribution in [-0.2, 0) is 0 Å². The van der Waals surface area contributed by atoms with Crippen LogP contribution in [0.5, 0.6) is 0 Å². The van der Waals surface area contributed by atoms with Crippen LogP contribution in [0.25, 0.3) is 33.3 Å². The summed E-state index contributed by atoms with van der Waals surface area (Å²) in [5.41, 5.74) is 10.2. The number of rotatable bonds is 1. The maximum absolute atomic E-state index is 12.8. The smallest absolute Gasteiger partial charge is 0.194 e. The SMILES string of the molecule is Cc1cc(C)cc(-c2ccc3c4c(ccc3n2)C(=O)c2cc(C)ccc2-4)c1. The number of benzene rings is 3. The van der Waals surface area contributed by atoms with Crippen LogP contribution in [0.15, 0.2) is 60.7 Å². The molecule has 1 heterocycles. The van der Waals surface area contributed by atoms with Gasteiger partial charge in [0.15, 0.2) is 5.78 Å². The van der Waals surface area contributed by atoms with Gasteiger partial charge in [-0.25, -0.2) is 4.98 Å². The van der Waals surface area contributed by atoms with E-state index < -0.39 is 0 Å². The van der Waals surface area contributed by atoms with Gasteiger partial charge >= 0.3 is 0 Å². The molecule has 0 saturated heterocycles. The van der Waals surface area contributed by atoms with Gasteiger partial charge < -0.3 is 0 Å². The van der Waals surface area contributed by atoms with Crippen LogP contribution in [0.4, 0.5) is 0 Å². The number of aromatic nitrogens is 1. The molecule has 3 aromatic carbocycles. The molecule has 4 aromatic rings. The van der Waals surface area contributed by atoms with Crippen LogP contribution in [0.1, 0.15) is 32.6 Å². The molecule has 0 N–H and O–H groups in total. The summed E-state index contributed by atoms with van der Waals surface area (Å²) in [7, 11) is 0. The highest BCUT2D eigenvalue weighted by Crippen LogP contribution is 2.41. The topological polar surface area (TPSA) is 30.0 Å². The molecule has 0 atom stereocenters. The standard InChI is InChI=1S/C25H19NO/c1-14-4-5-18-21(13-14)25(27)20-7-9-23-19(24(18)20)6-8-22(26-23)17-11-15(2)10-16(3)12-17/h4-13H,1-3H3. The number of aryl methyl sites for hydroxylation is 3. The molecule has 0 unspecified atom stereocenters. The van der Waals surface area contributed by atoms with E-state index in [9.17, 15) is 4.79 Å². The van der Waals surface area contributed by atoms with E-state index in [2.05, 4.69) is 56.3 Å². The van der Waals surface area contributed by atoms with Crippen LogP contribution in [0.2, 0.25) is 0 Å². The molecule has 130 valence electrons. The second kappa shape index (κ2) is 5.62. The number of nitrogens with zero attached hydrogens (tertiary/aromatic N) is 1. The maximum atomic E-state index is 12.8. The molecule has 0 amide bonds. The molecule has 0 radical (unpaired) electrons. The predicted octanol–water partition coefficient (Wildman–Crippen LogP) is 6.04. The van der Waals surface area contributed by atoms with Gasteiger partial charge in [0.2, 0.25) is 0 Å². The molecule has 2 heteroatoms. The van der Waals surface area contributed by atoms with Crippen molar-refractivity contribution in [3.63, 3.8) is 0 Å². The number of hydrogen-bond donors (Lipinski definition) is 0. The van der Waals surface area contributed by atoms with Crippen LogP contribution in [-0.4, -0.2) is 10.8 Å². The zero-order valence-corrected chi connectivity index (χ0v) is 15.6. The third kappa shape index (κ3) is 2.41. The first-order chi connectivity index (χ1) is 13.0. The van der Waals surface area contributed by atoms with E-state index in [-0.39, 0.29) is 5.78 Å². The summed E-state index contributed by atoms with van der Waals surface area (Å²) in [6.07, 6.45) is 0. The average molecular weight is 349 g/mol. The van der Waals surface area contributed by atoms with Gasteiger partial charge in [0.1, 0.15) is 0 Å². The number of carbonyl (C=O) groups is 1. The van der Waals surface area contributed by atoms with E-state index >= 15 is 0 Å². The highest BCUT2D eigenvalue weighted by atomic mass is 16.1. The third-order valence-corrected chi connectivity index (χ3v) is 5.32. The molecule has 1 aliphatic carbocycles. The molecule has 0 aliphatic heterocycles. The summed E-state index contributed by atoms with van der Waals surface area (Å²) in [5.74, 6) is 0.115. The van der Waals surface area contributed by atoms with Crippen molar-refractivity contribution in [1.82, 2.24) is 4.98 Å². The molecule has 1 aliphatic rings. The minimum Gasteiger partial charge on any atom is -0.289 e. The number of pyridine rings is 1. The van der Waals surface area contributed by atoms with Crippen molar-refractivity contribution in [3.05, 3.63) is 88.5 Å². The van der Waals surface area contributed by atoms with Crippen LogP contribution >= 0.6 is 0 Å². The summed E-state index contributed by atoms with van der Waals surface area (Å²) in [6.45, 7) is 6.23. The number of fused-ring (bicyclic) bond motifs is 5. The molecule has 0 fully saturated rings. The highest BCUT2D eigenvalue weighted by molar-refractivity contribution is 6.25. The van der Waals surface area contributed by atoms with Crippen molar-refractivity contribution in [2.45, 2.75) is 20.8 Å². The van der Waals surface area contributed by atoms with Gasteiger partial charge in [0.25, 0.3) is 0 Å². The molecule has 27 heavy (non-hydrogen) atoms. The second-order valence-corrected chi connectivity index (χ2v) is 7.51. The molecule has 1 aromatic heterocycles. The third-order valence-electron chi connectivity index (χ3n) is 5.32. The maximum Gasteiger partial charge on any atom is 0.194 e. The van der Waals surface area contributed by atoms with E-state index in [0.29, 0.717) is 0 Å². The van der Waals surface area contributed by atoms with E-state index in [1.165, 1.54) is 11.1 Å². The Morgan fingerprint density at radius 2 is 1.41 bits per heavy atom. The van der Waals surface area contributed by atoms with E-state index in [1.807, 2.05) is 25.1 Å². The normalized spacial score (nSPS) is 12.3. The van der Waals surface area contributed by atoms with Crippen molar-refractivity contribution < 1.29 is 4.79 Å². The number of ketones is 1. The van der Waals surface area contributed by atoms with E-state index in [4.69, 9.17) is 4.98 Å². The Morgan fingerprint density at radius 1 is 0.667 bits per heavy atom. The summed E-state index contributed by atoms with van der Waals surface area (Å²) >= 11 is 0. The Morgan fingerprint density at radius 3 is 2.19 bits per heavy atom. The first-order valence-electron chi connectivity index (χ1n) is 9.19. The van der Waals surface area contributed by atoms with Crippen molar-refractivity contribution in [1.29, 1.82) is 0 Å². The van der Waals surface area contributed by atoms with Gasteiger partial charge in [-0.15, -0.1) is 0 Å². The monoisotopic (exact) mass is 349 g/mol. The lowest BCUT2D eigenvalue weighted by Crippen LogP contribution is -1.95. The molecular formula is C25H19NO. The van der Waals surface area contributed by atoms with Gasteiger partial charge in [-0.05, 0) is 68.8 Å². The lowest BCUT2D eigenvalue weighted by molar-refractivity contribution is 0.104. The number of carbonyl (C=O) groups excluding carboxylic acids is 1. The fourth-order valence-corrected chi connectivity index (χ4v) is 4.18. The summed E-state index contributed by atoms with van der Waals surface area (Å²) in [6, 6.07) is 20.7. The van der Waals surface area contributed by atoms with Crippen molar-refractivity contribution in [2.24, 2.45) is 0 Å². The molecule has 0 spiro atoms. The van der Waals surface area contributed by atoms with Gasteiger partial charge in [-0.3, -0.25) is 4.79 Å². The van der Waals surface area contributed by atoms with E-state index in [1.54, 1.807) is 0 Å². The Labute approximate surface area is 158 Å². The lowest BCUT2D eigenvalue weighted by Gasteiger charge is -2.09. The summed E-state index contributed by atoms with van der Waals surface area (Å²) in [4.78, 5) is 17.7. The van der Waals surface area contributed by atoms with Gasteiger partial charge in [0.05, 0.1) is 11.2 Å². The Hall–Kier alpha value is -3.26. The van der Waals surface area contributed by atoms with Gasteiger partial charge in [-0.1, -0.05) is 34.9 Å². The Balaban J connectivity index is 1.74. The summed E-state index contributed by atoms with van der Waals surface area (Å²) in [5, 5.41) is 1.04. The second-order valence-electron chi connectivity index (χ2n) is 7.51. The Bertz CT molecular complexity index is 1250. The highest BCUT2D eigenvalue weighted by Gasteiger charge is 2.28. The minimum absolute atomic E-state index is 0.115. The van der Waals surface area contributed by atoms with Gasteiger partial charge in [0, 0.05) is 27.6 Å². The molecule has 5 rings (SSSR count). The largest absolute Gasteiger partial charge is 0.289 e. The van der Waals surface area contributed by atoms with Crippen molar-refractivity contribution in [3.8, 4) is 22.4 Å². The van der Waals surface area contributed by atoms with Crippen molar-refractivity contribution in [2.75, 3.05) is 0 Å². The molecular weight excluding hydrogens is 330 g/mol. The first-order valence-corrected chi connectivity index (χ1v) is 9.19. The van der Waals surface area contributed by atoms with E-state index in [0.717, 1.165) is 50.0 Å². The fraction of sp³-hybridized carbons (Fsp3) is 0.120. The minimum atomic E-state index is 0.115. The molecule has 0 bridgehead atoms. The van der Waals surface area contributed by atoms with Crippen LogP contribution in [0, 0.1) is 20.8 Å². The van der Waals surface area contributed by atoms with Gasteiger partial charge in [-0.2, -0.15) is 0 Å². The average Bonchev–Trinajstić information content (AvgIpc) is 2.93. The zero-order valence-electron chi connectivity index (χ0n) is 15.6. The quantitative estimate of drug-likeness (QED) is 0.369. The predicted molar refractivity (Wildman–Crippen MR) is 110 cm³/mol. The summed E-state index contributed by atoms with van der Waals surface area (Å²) < 4.78 is 0. The zero-order chi connectivity index (χ0) is 18.7. The van der Waals surface area contributed by atoms with Crippen molar-refractivity contribution >= 4 is 16.7 Å². The van der Waals surface area contributed by atoms with Crippen LogP contribution in [0.3, 0.4) is 0 Å². The number of hydrogen-bond acceptors (Lipinski definition) is 2. The molecule has 2 nitrogen and oxygen atoms in total. The Kier molecular flexibility index (Phi) is 3.32. The van der Waals surface area contributed by atoms with Crippen LogP contribution < -0.4 is 0 Å². The molecule has 0 saturated carbocycles. The first kappa shape index (κ1) is 16.0. The lowest BCUT2D eigenvalue weighted by atomic mass is 9.98. The fourth-order valence-electron chi connectivity index (χ4n) is 4.18.